The number of carbonyl (C=O) groups is 2. The van der Waals surface area contributed by atoms with Crippen LogP contribution < -0.4 is 51.4 Å². The first kappa shape index (κ1) is 35.2. The molecule has 0 bridgehead atoms. The first-order valence-corrected chi connectivity index (χ1v) is 12.1. The van der Waals surface area contributed by atoms with E-state index < -0.39 is 5.97 Å². The number of hydrogen-bond donors (Lipinski definition) is 1. The van der Waals surface area contributed by atoms with Crippen molar-refractivity contribution in [2.24, 2.45) is 0 Å². The largest absolute Gasteiger partial charge is 1.00 e. The smallest absolute Gasteiger partial charge is 0.870 e. The Hall–Kier alpha value is -2.86. The van der Waals surface area contributed by atoms with Gasteiger partial charge in [-0.25, -0.2) is 18.4 Å². The van der Waals surface area contributed by atoms with Crippen LogP contribution >= 0.6 is 0 Å². The normalized spacial score (nSPS) is 9.78. The number of rotatable bonds is 9. The molecule has 2 heterocycles. The standard InChI is InChI=1S/C16H16FNO2.C14H12FNO2.K.H2O/c1-2-20-16(19)14-11-18-10-9-12(14)7-8-13-5-3-4-6-15(13)17;15-13-4-2-1-3-11(13)6-5-10-7-8-16-9-12(10)14(17)18;;/h3-6,9-11H,2,7-8H2,1H3;1-4,7-9H,5-6H2,(H,17,18);;1H2/q;;+1;/p-1. The molecule has 0 saturated carbocycles. The van der Waals surface area contributed by atoms with E-state index in [-0.39, 0.29) is 80.0 Å². The summed E-state index contributed by atoms with van der Waals surface area (Å²) >= 11 is 0. The van der Waals surface area contributed by atoms with Gasteiger partial charge < -0.3 is 15.3 Å². The molecule has 0 radical (unpaired) electrons. The molecule has 204 valence electrons. The Balaban J connectivity index is 0.000000383. The van der Waals surface area contributed by atoms with Gasteiger partial charge in [-0.05, 0) is 79.1 Å². The van der Waals surface area contributed by atoms with E-state index in [0.29, 0.717) is 54.5 Å². The number of nitrogens with zero attached hydrogens (tertiary/aromatic N) is 2. The van der Waals surface area contributed by atoms with Crippen molar-refractivity contribution < 1.29 is 85.1 Å². The number of halogens is 2. The average Bonchev–Trinajstić information content (AvgIpc) is 2.93. The minimum absolute atomic E-state index is 0. The number of esters is 1. The van der Waals surface area contributed by atoms with Gasteiger partial charge >= 0.3 is 63.3 Å². The van der Waals surface area contributed by atoms with Crippen molar-refractivity contribution in [1.29, 1.82) is 0 Å². The van der Waals surface area contributed by atoms with Gasteiger partial charge in [-0.3, -0.25) is 9.97 Å². The maximum atomic E-state index is 13.6. The number of benzene rings is 2. The molecule has 4 rings (SSSR count). The molecule has 2 aromatic carbocycles. The maximum absolute atomic E-state index is 13.6. The summed E-state index contributed by atoms with van der Waals surface area (Å²) in [7, 11) is 0. The van der Waals surface area contributed by atoms with Gasteiger partial charge in [0.1, 0.15) is 11.6 Å². The Labute approximate surface area is 274 Å². The van der Waals surface area contributed by atoms with E-state index in [0.717, 1.165) is 5.56 Å². The minimum atomic E-state index is -1.01. The molecular formula is C30H29F2KN2O5. The number of aromatic nitrogens is 2. The first-order valence-electron chi connectivity index (χ1n) is 12.1. The Morgan fingerprint density at radius 2 is 1.15 bits per heavy atom. The zero-order valence-electron chi connectivity index (χ0n) is 22.4. The zero-order valence-corrected chi connectivity index (χ0v) is 25.5. The van der Waals surface area contributed by atoms with Crippen molar-refractivity contribution >= 4 is 11.9 Å². The summed E-state index contributed by atoms with van der Waals surface area (Å²) in [5.74, 6) is -1.88. The van der Waals surface area contributed by atoms with Crippen LogP contribution in [0.2, 0.25) is 0 Å². The average molecular weight is 575 g/mol. The SMILES string of the molecule is CCOC(=O)c1cnccc1CCc1ccccc1F.O=C(O)c1cnccc1CCc1ccccc1F.[K+].[OH-]. The third kappa shape index (κ3) is 10.6. The zero-order chi connectivity index (χ0) is 27.3. The fourth-order valence-electron chi connectivity index (χ4n) is 3.81. The molecule has 7 nitrogen and oxygen atoms in total. The van der Waals surface area contributed by atoms with Crippen molar-refractivity contribution in [2.45, 2.75) is 32.6 Å². The van der Waals surface area contributed by atoms with E-state index in [2.05, 4.69) is 9.97 Å². The van der Waals surface area contributed by atoms with Crippen molar-refractivity contribution in [3.8, 4) is 0 Å². The number of carboxylic acids is 1. The predicted molar refractivity (Wildman–Crippen MR) is 141 cm³/mol. The molecule has 0 unspecified atom stereocenters. The summed E-state index contributed by atoms with van der Waals surface area (Å²) in [6, 6.07) is 16.6. The molecule has 0 saturated heterocycles. The first-order chi connectivity index (χ1) is 18.4. The van der Waals surface area contributed by atoms with Crippen molar-refractivity contribution in [1.82, 2.24) is 9.97 Å². The van der Waals surface area contributed by atoms with Gasteiger partial charge in [-0.1, -0.05) is 36.4 Å². The molecule has 0 aliphatic carbocycles. The van der Waals surface area contributed by atoms with Gasteiger partial charge in [0.05, 0.1) is 17.7 Å². The Morgan fingerprint density at radius 1 is 0.725 bits per heavy atom. The molecular weight excluding hydrogens is 545 g/mol. The second-order valence-electron chi connectivity index (χ2n) is 8.27. The van der Waals surface area contributed by atoms with Crippen LogP contribution in [0.3, 0.4) is 0 Å². The van der Waals surface area contributed by atoms with E-state index in [4.69, 9.17) is 9.84 Å². The van der Waals surface area contributed by atoms with Gasteiger partial charge in [-0.15, -0.1) is 0 Å². The van der Waals surface area contributed by atoms with E-state index >= 15 is 0 Å². The number of hydrogen-bond acceptors (Lipinski definition) is 6. The minimum Gasteiger partial charge on any atom is -0.870 e. The van der Waals surface area contributed by atoms with Gasteiger partial charge in [0.25, 0.3) is 0 Å². The van der Waals surface area contributed by atoms with E-state index in [1.54, 1.807) is 67.8 Å². The third-order valence-corrected chi connectivity index (χ3v) is 5.79. The fourth-order valence-corrected chi connectivity index (χ4v) is 3.81. The summed E-state index contributed by atoms with van der Waals surface area (Å²) in [5.41, 5.74) is 3.34. The van der Waals surface area contributed by atoms with Crippen molar-refractivity contribution in [3.63, 3.8) is 0 Å². The number of aryl methyl sites for hydroxylation is 4. The summed E-state index contributed by atoms with van der Waals surface area (Å²) in [5, 5.41) is 9.00. The van der Waals surface area contributed by atoms with Gasteiger partial charge in [0, 0.05) is 24.8 Å². The van der Waals surface area contributed by atoms with Crippen LogP contribution in [0.25, 0.3) is 0 Å². The number of pyridine rings is 2. The molecule has 0 spiro atoms. The summed E-state index contributed by atoms with van der Waals surface area (Å²) in [6.07, 6.45) is 8.03. The summed E-state index contributed by atoms with van der Waals surface area (Å²) in [4.78, 5) is 30.5. The topological polar surface area (TPSA) is 119 Å². The second kappa shape index (κ2) is 18.5. The van der Waals surface area contributed by atoms with Crippen LogP contribution in [0, 0.1) is 11.6 Å². The summed E-state index contributed by atoms with van der Waals surface area (Å²) in [6.45, 7) is 2.08. The number of carbonyl (C=O) groups excluding carboxylic acids is 1. The van der Waals surface area contributed by atoms with E-state index in [9.17, 15) is 18.4 Å². The second-order valence-corrected chi connectivity index (χ2v) is 8.27. The van der Waals surface area contributed by atoms with Crippen LogP contribution in [-0.4, -0.2) is 39.1 Å². The van der Waals surface area contributed by atoms with Crippen LogP contribution in [0.5, 0.6) is 0 Å². The molecule has 4 aromatic rings. The third-order valence-electron chi connectivity index (χ3n) is 5.79. The quantitative estimate of drug-likeness (QED) is 0.241. The fraction of sp³-hybridized carbons (Fsp3) is 0.200. The van der Waals surface area contributed by atoms with Crippen LogP contribution in [0.1, 0.15) is 49.9 Å². The van der Waals surface area contributed by atoms with Gasteiger partial charge in [-0.2, -0.15) is 0 Å². The van der Waals surface area contributed by atoms with E-state index in [1.165, 1.54) is 24.5 Å². The number of carboxylic acid groups (broad SMARTS) is 1. The summed E-state index contributed by atoms with van der Waals surface area (Å²) < 4.78 is 32.0. The van der Waals surface area contributed by atoms with Crippen LogP contribution in [0.4, 0.5) is 8.78 Å². The maximum Gasteiger partial charge on any atom is 1.00 e. The number of aromatic carboxylic acids is 1. The number of ether oxygens (including phenoxy) is 1. The molecule has 0 aliphatic heterocycles. The van der Waals surface area contributed by atoms with Crippen LogP contribution in [-0.2, 0) is 30.4 Å². The van der Waals surface area contributed by atoms with Gasteiger partial charge in [0.2, 0.25) is 0 Å². The van der Waals surface area contributed by atoms with Crippen molar-refractivity contribution in [3.05, 3.63) is 130 Å². The molecule has 2 aromatic heterocycles. The Bertz CT molecular complexity index is 1390. The molecule has 2 N–H and O–H groups in total. The van der Waals surface area contributed by atoms with Crippen molar-refractivity contribution in [2.75, 3.05) is 6.61 Å². The Kier molecular flexibility index (Phi) is 16.2. The predicted octanol–water partition coefficient (Wildman–Crippen LogP) is 2.71. The van der Waals surface area contributed by atoms with E-state index in [1.807, 2.05) is 0 Å². The molecule has 0 fully saturated rings. The molecule has 0 atom stereocenters. The van der Waals surface area contributed by atoms with Crippen LogP contribution in [0.15, 0.2) is 85.5 Å². The molecule has 0 amide bonds. The molecule has 10 heteroatoms. The molecule has 40 heavy (non-hydrogen) atoms. The Morgan fingerprint density at radius 3 is 1.60 bits per heavy atom. The van der Waals surface area contributed by atoms with Gasteiger partial charge in [0.15, 0.2) is 0 Å². The monoisotopic (exact) mass is 574 g/mol. The molecule has 0 aliphatic rings.